The zero-order valence-corrected chi connectivity index (χ0v) is 24.9. The Kier molecular flexibility index (Phi) is 9.10. The van der Waals surface area contributed by atoms with Gasteiger partial charge in [-0.15, -0.1) is 0 Å². The van der Waals surface area contributed by atoms with Crippen molar-refractivity contribution in [2.24, 2.45) is 5.18 Å². The van der Waals surface area contributed by atoms with E-state index in [1.807, 2.05) is 18.2 Å². The molecule has 0 amide bonds. The number of rotatable bonds is 3. The van der Waals surface area contributed by atoms with Crippen molar-refractivity contribution in [3.05, 3.63) is 63.6 Å². The number of nitroso groups, excluding NO2 is 1. The fourth-order valence-electron chi connectivity index (χ4n) is 7.03. The highest BCUT2D eigenvalue weighted by Crippen LogP contribution is 2.54. The average molecular weight is 619 g/mol. The SMILES string of the molecule is CN1CCC2(CC1)c1cc(C#CC3O[C@H](CO)[C@@H](O)[C@H](N=O)[C@@H]3O)ccc1-c1ccc(C#CC3O[C@H](CO)C[C@H](O)[C@@H]3O)cc12. The van der Waals surface area contributed by atoms with Crippen LogP contribution in [-0.2, 0) is 14.9 Å². The summed E-state index contributed by atoms with van der Waals surface area (Å²) in [6.07, 6.45) is -6.87. The summed E-state index contributed by atoms with van der Waals surface area (Å²) >= 11 is 0. The third-order valence-corrected chi connectivity index (χ3v) is 9.68. The first-order valence-electron chi connectivity index (χ1n) is 15.3. The van der Waals surface area contributed by atoms with Crippen LogP contribution in [0.15, 0.2) is 41.6 Å². The van der Waals surface area contributed by atoms with Crippen molar-refractivity contribution < 1.29 is 40.1 Å². The number of benzene rings is 2. The van der Waals surface area contributed by atoms with E-state index in [-0.39, 0.29) is 18.4 Å². The van der Waals surface area contributed by atoms with E-state index in [2.05, 4.69) is 59.0 Å². The summed E-state index contributed by atoms with van der Waals surface area (Å²) < 4.78 is 11.3. The molecule has 2 aromatic carbocycles. The molecule has 1 aliphatic carbocycles. The zero-order valence-electron chi connectivity index (χ0n) is 24.9. The van der Waals surface area contributed by atoms with Crippen molar-refractivity contribution in [1.29, 1.82) is 0 Å². The van der Waals surface area contributed by atoms with Gasteiger partial charge in [-0.1, -0.05) is 41.0 Å². The second kappa shape index (κ2) is 12.9. The maximum Gasteiger partial charge on any atom is 0.150 e. The Balaban J connectivity index is 1.32. The van der Waals surface area contributed by atoms with Crippen LogP contribution in [-0.4, -0.2) is 124 Å². The molecule has 2 aromatic rings. The number of piperidine rings is 1. The van der Waals surface area contributed by atoms with Crippen molar-refractivity contribution in [3.63, 3.8) is 0 Å². The van der Waals surface area contributed by atoms with Gasteiger partial charge in [0.2, 0.25) is 0 Å². The molecule has 4 aliphatic rings. The monoisotopic (exact) mass is 618 g/mol. The lowest BCUT2D eigenvalue weighted by Crippen LogP contribution is -2.57. The fourth-order valence-corrected chi connectivity index (χ4v) is 7.03. The number of aliphatic hydroxyl groups excluding tert-OH is 6. The van der Waals surface area contributed by atoms with Crippen molar-refractivity contribution >= 4 is 0 Å². The van der Waals surface area contributed by atoms with Crippen LogP contribution in [0.25, 0.3) is 11.1 Å². The van der Waals surface area contributed by atoms with Crippen LogP contribution in [0.4, 0.5) is 0 Å². The lowest BCUT2D eigenvalue weighted by Gasteiger charge is -2.39. The highest BCUT2D eigenvalue weighted by molar-refractivity contribution is 5.82. The molecule has 3 fully saturated rings. The van der Waals surface area contributed by atoms with Gasteiger partial charge in [0.25, 0.3) is 0 Å². The molecular weight excluding hydrogens is 580 g/mol. The number of likely N-dealkylation sites (tertiary alicyclic amines) is 1. The van der Waals surface area contributed by atoms with Crippen LogP contribution >= 0.6 is 0 Å². The molecule has 238 valence electrons. The number of aliphatic hydroxyl groups is 6. The van der Waals surface area contributed by atoms with Gasteiger partial charge < -0.3 is 45.0 Å². The predicted octanol–water partition coefficient (Wildman–Crippen LogP) is -0.130. The van der Waals surface area contributed by atoms with E-state index in [1.165, 1.54) is 0 Å². The van der Waals surface area contributed by atoms with Gasteiger partial charge in [-0.2, -0.15) is 4.91 Å². The van der Waals surface area contributed by atoms with Crippen LogP contribution in [0.1, 0.15) is 41.5 Å². The molecule has 6 rings (SSSR count). The molecule has 3 aliphatic heterocycles. The number of nitrogens with zero attached hydrogens (tertiary/aromatic N) is 2. The average Bonchev–Trinajstić information content (AvgIpc) is 3.30. The summed E-state index contributed by atoms with van der Waals surface area (Å²) in [5, 5.41) is 63.3. The van der Waals surface area contributed by atoms with E-state index in [0.29, 0.717) is 5.56 Å². The van der Waals surface area contributed by atoms with Gasteiger partial charge in [-0.3, -0.25) is 0 Å². The zero-order chi connectivity index (χ0) is 31.9. The summed E-state index contributed by atoms with van der Waals surface area (Å²) in [4.78, 5) is 13.6. The minimum Gasteiger partial charge on any atom is -0.394 e. The first-order valence-corrected chi connectivity index (χ1v) is 15.3. The summed E-state index contributed by atoms with van der Waals surface area (Å²) in [5.74, 6) is 12.0. The molecule has 45 heavy (non-hydrogen) atoms. The molecule has 0 radical (unpaired) electrons. The number of hydrogen-bond acceptors (Lipinski definition) is 11. The Bertz CT molecular complexity index is 1550. The van der Waals surface area contributed by atoms with Gasteiger partial charge >= 0.3 is 0 Å². The highest BCUT2D eigenvalue weighted by atomic mass is 16.5. The van der Waals surface area contributed by atoms with Crippen molar-refractivity contribution in [1.82, 2.24) is 4.90 Å². The van der Waals surface area contributed by atoms with Gasteiger partial charge in [0, 0.05) is 23.0 Å². The number of ether oxygens (including phenoxy) is 2. The Morgan fingerprint density at radius 1 is 0.844 bits per heavy atom. The summed E-state index contributed by atoms with van der Waals surface area (Å²) in [6.45, 7) is 0.970. The van der Waals surface area contributed by atoms with E-state index in [9.17, 15) is 35.5 Å². The Morgan fingerprint density at radius 2 is 1.42 bits per heavy atom. The van der Waals surface area contributed by atoms with E-state index in [4.69, 9.17) is 9.47 Å². The fraction of sp³-hybridized carbons (Fsp3) is 0.529. The second-order valence-electron chi connectivity index (χ2n) is 12.5. The molecule has 0 bridgehead atoms. The van der Waals surface area contributed by atoms with Crippen molar-refractivity contribution in [2.45, 2.75) is 79.6 Å². The summed E-state index contributed by atoms with van der Waals surface area (Å²) in [6, 6.07) is 10.7. The molecule has 11 nitrogen and oxygen atoms in total. The van der Waals surface area contributed by atoms with Crippen LogP contribution in [0, 0.1) is 28.6 Å². The normalized spacial score (nSPS) is 33.7. The van der Waals surface area contributed by atoms with Crippen molar-refractivity contribution in [3.8, 4) is 34.8 Å². The molecule has 1 spiro atoms. The van der Waals surface area contributed by atoms with E-state index < -0.39 is 61.5 Å². The highest BCUT2D eigenvalue weighted by Gasteiger charge is 2.46. The van der Waals surface area contributed by atoms with E-state index in [1.54, 1.807) is 0 Å². The van der Waals surface area contributed by atoms with Gasteiger partial charge in [0.15, 0.2) is 0 Å². The predicted molar refractivity (Wildman–Crippen MR) is 163 cm³/mol. The Labute approximate surface area is 261 Å². The molecule has 9 atom stereocenters. The molecule has 3 saturated heterocycles. The lowest BCUT2D eigenvalue weighted by atomic mass is 9.70. The van der Waals surface area contributed by atoms with E-state index in [0.717, 1.165) is 53.7 Å². The Hall–Kier alpha value is -3.20. The van der Waals surface area contributed by atoms with Gasteiger partial charge in [-0.05, 0) is 79.5 Å². The van der Waals surface area contributed by atoms with Gasteiger partial charge in [-0.25, -0.2) is 0 Å². The van der Waals surface area contributed by atoms with E-state index >= 15 is 0 Å². The second-order valence-corrected chi connectivity index (χ2v) is 12.5. The third-order valence-electron chi connectivity index (χ3n) is 9.68. The smallest absolute Gasteiger partial charge is 0.150 e. The third kappa shape index (κ3) is 5.81. The molecule has 3 heterocycles. The number of fused-ring (bicyclic) bond motifs is 5. The van der Waals surface area contributed by atoms with Crippen LogP contribution in [0.5, 0.6) is 0 Å². The maximum atomic E-state index is 11.3. The molecule has 0 aromatic heterocycles. The molecule has 0 saturated carbocycles. The molecule has 11 heteroatoms. The minimum atomic E-state index is -1.44. The Morgan fingerprint density at radius 3 is 1.96 bits per heavy atom. The molecular formula is C34H38N2O9. The maximum absolute atomic E-state index is 11.3. The van der Waals surface area contributed by atoms with Gasteiger partial charge in [0.1, 0.15) is 42.7 Å². The van der Waals surface area contributed by atoms with Crippen LogP contribution in [0.3, 0.4) is 0 Å². The topological polar surface area (TPSA) is 173 Å². The minimum absolute atomic E-state index is 0.146. The number of hydrogen-bond donors (Lipinski definition) is 6. The molecule has 6 N–H and O–H groups in total. The summed E-state index contributed by atoms with van der Waals surface area (Å²) in [5.41, 5.74) is 5.66. The van der Waals surface area contributed by atoms with Gasteiger partial charge in [0.05, 0.1) is 25.4 Å². The lowest BCUT2D eigenvalue weighted by molar-refractivity contribution is -0.170. The standard InChI is InChI=1S/C34H38N2O9/c1-36-12-10-34(11-13-36)24-14-19(4-8-27-31(40)26(39)16-21(17-37)44-27)2-6-22(24)23-7-3-20(15-25(23)34)5-9-28-32(41)30(35-43)33(42)29(18-38)45-28/h2-3,6-7,14-15,21,26-33,37-42H,10-13,16-18H2,1H3/t21-,26-,27?,28?,29+,30+,31-,32+,33+/m0/s1. The van der Waals surface area contributed by atoms with Crippen LogP contribution < -0.4 is 0 Å². The summed E-state index contributed by atoms with van der Waals surface area (Å²) in [7, 11) is 2.10. The first-order chi connectivity index (χ1) is 21.7. The van der Waals surface area contributed by atoms with Crippen molar-refractivity contribution in [2.75, 3.05) is 33.4 Å². The largest absolute Gasteiger partial charge is 0.394 e. The van der Waals surface area contributed by atoms with Crippen LogP contribution in [0.2, 0.25) is 0 Å². The quantitative estimate of drug-likeness (QED) is 0.201. The molecule has 2 unspecified atom stereocenters. The first kappa shape index (κ1) is 31.8.